The first-order valence-corrected chi connectivity index (χ1v) is 7.60. The molecule has 1 aromatic rings. The van der Waals surface area contributed by atoms with Gasteiger partial charge in [0.2, 0.25) is 6.79 Å². The van der Waals surface area contributed by atoms with Gasteiger partial charge in [0.25, 0.3) is 0 Å². The van der Waals surface area contributed by atoms with Crippen LogP contribution < -0.4 is 9.47 Å². The summed E-state index contributed by atoms with van der Waals surface area (Å²) < 4.78 is 16.4. The van der Waals surface area contributed by atoms with Crippen molar-refractivity contribution in [2.75, 3.05) is 26.5 Å². The van der Waals surface area contributed by atoms with Crippen LogP contribution in [-0.4, -0.2) is 48.6 Å². The first-order valence-electron chi connectivity index (χ1n) is 7.60. The molecule has 0 aliphatic carbocycles. The Balaban J connectivity index is 1.68. The van der Waals surface area contributed by atoms with Crippen LogP contribution in [0.25, 0.3) is 0 Å². The van der Waals surface area contributed by atoms with Gasteiger partial charge in [-0.25, -0.2) is 0 Å². The highest BCUT2D eigenvalue weighted by atomic mass is 16.7. The predicted octanol–water partition coefficient (Wildman–Crippen LogP) is 1.95. The fraction of sp³-hybridized carbons (Fsp3) is 0.625. The Labute approximate surface area is 125 Å². The Morgan fingerprint density at radius 3 is 2.95 bits per heavy atom. The van der Waals surface area contributed by atoms with Gasteiger partial charge in [-0.05, 0) is 31.0 Å². The number of rotatable bonds is 4. The van der Waals surface area contributed by atoms with Crippen LogP contribution in [0.15, 0.2) is 18.2 Å². The second-order valence-corrected chi connectivity index (χ2v) is 5.79. The number of fused-ring (bicyclic) bond motifs is 1. The zero-order valence-corrected chi connectivity index (χ0v) is 12.6. The normalized spacial score (nSPS) is 26.8. The smallest absolute Gasteiger partial charge is 0.231 e. The van der Waals surface area contributed by atoms with E-state index in [-0.39, 0.29) is 12.9 Å². The maximum atomic E-state index is 10.5. The fourth-order valence-corrected chi connectivity index (χ4v) is 2.96. The van der Waals surface area contributed by atoms with E-state index in [0.717, 1.165) is 30.9 Å². The lowest BCUT2D eigenvalue weighted by atomic mass is 10.1. The molecule has 1 saturated heterocycles. The number of ether oxygens (including phenoxy) is 3. The summed E-state index contributed by atoms with van der Waals surface area (Å²) in [4.78, 5) is 2.32. The molecule has 5 heteroatoms. The first-order chi connectivity index (χ1) is 10.2. The van der Waals surface area contributed by atoms with Crippen molar-refractivity contribution >= 4 is 0 Å². The van der Waals surface area contributed by atoms with Crippen LogP contribution in [-0.2, 0) is 4.74 Å². The zero-order valence-electron chi connectivity index (χ0n) is 12.6. The number of nitrogens with zero attached hydrogens (tertiary/aromatic N) is 1. The molecule has 0 amide bonds. The van der Waals surface area contributed by atoms with Gasteiger partial charge < -0.3 is 19.3 Å². The first kappa shape index (κ1) is 14.6. The summed E-state index contributed by atoms with van der Waals surface area (Å²) in [7, 11) is 0. The molecule has 0 saturated carbocycles. The van der Waals surface area contributed by atoms with Crippen molar-refractivity contribution in [3.05, 3.63) is 23.8 Å². The van der Waals surface area contributed by atoms with E-state index in [9.17, 15) is 5.11 Å². The molecule has 116 valence electrons. The molecule has 5 nitrogen and oxygen atoms in total. The SMILES string of the molecule is CCC1COC(C)CN1CC(O)c1ccc2c(c1)OCO2. The van der Waals surface area contributed by atoms with Crippen molar-refractivity contribution in [3.8, 4) is 11.5 Å². The van der Waals surface area contributed by atoms with Crippen molar-refractivity contribution in [1.29, 1.82) is 0 Å². The molecule has 3 rings (SSSR count). The van der Waals surface area contributed by atoms with Crippen molar-refractivity contribution in [2.45, 2.75) is 38.5 Å². The molecular formula is C16H23NO4. The van der Waals surface area contributed by atoms with Gasteiger partial charge in [-0.15, -0.1) is 0 Å². The minimum absolute atomic E-state index is 0.219. The third kappa shape index (κ3) is 3.15. The number of aliphatic hydroxyl groups is 1. The number of hydrogen-bond donors (Lipinski definition) is 1. The van der Waals surface area contributed by atoms with Gasteiger partial charge in [0.05, 0.1) is 18.8 Å². The minimum Gasteiger partial charge on any atom is -0.454 e. The number of β-amino-alcohol motifs (C(OH)–C–C–N with tert-alkyl or cyclic N) is 1. The van der Waals surface area contributed by atoms with Crippen molar-refractivity contribution in [1.82, 2.24) is 4.90 Å². The van der Waals surface area contributed by atoms with Crippen LogP contribution in [0.4, 0.5) is 0 Å². The molecule has 0 bridgehead atoms. The van der Waals surface area contributed by atoms with Crippen LogP contribution in [0.2, 0.25) is 0 Å². The molecular weight excluding hydrogens is 270 g/mol. The van der Waals surface area contributed by atoms with Crippen molar-refractivity contribution in [2.24, 2.45) is 0 Å². The van der Waals surface area contributed by atoms with E-state index in [0.29, 0.717) is 18.3 Å². The summed E-state index contributed by atoms with van der Waals surface area (Å²) in [5.41, 5.74) is 0.869. The zero-order chi connectivity index (χ0) is 14.8. The Bertz CT molecular complexity index is 493. The Hall–Kier alpha value is -1.30. The van der Waals surface area contributed by atoms with E-state index in [1.54, 1.807) is 0 Å². The quantitative estimate of drug-likeness (QED) is 0.919. The van der Waals surface area contributed by atoms with Crippen LogP contribution in [0.1, 0.15) is 31.9 Å². The molecule has 21 heavy (non-hydrogen) atoms. The van der Waals surface area contributed by atoms with Gasteiger partial charge in [-0.1, -0.05) is 13.0 Å². The highest BCUT2D eigenvalue weighted by molar-refractivity contribution is 5.45. The second-order valence-electron chi connectivity index (χ2n) is 5.79. The molecule has 0 radical (unpaired) electrons. The number of benzene rings is 1. The van der Waals surface area contributed by atoms with Gasteiger partial charge in [-0.3, -0.25) is 4.90 Å². The minimum atomic E-state index is -0.529. The Kier molecular flexibility index (Phi) is 4.33. The third-order valence-corrected chi connectivity index (χ3v) is 4.24. The predicted molar refractivity (Wildman–Crippen MR) is 78.6 cm³/mol. The maximum absolute atomic E-state index is 10.5. The van der Waals surface area contributed by atoms with Crippen LogP contribution >= 0.6 is 0 Å². The van der Waals surface area contributed by atoms with Crippen molar-refractivity contribution in [3.63, 3.8) is 0 Å². The monoisotopic (exact) mass is 293 g/mol. The van der Waals surface area contributed by atoms with E-state index >= 15 is 0 Å². The van der Waals surface area contributed by atoms with Gasteiger partial charge in [0, 0.05) is 19.1 Å². The largest absolute Gasteiger partial charge is 0.454 e. The molecule has 1 fully saturated rings. The lowest BCUT2D eigenvalue weighted by Gasteiger charge is -2.39. The molecule has 2 aliphatic heterocycles. The number of morpholine rings is 1. The van der Waals surface area contributed by atoms with E-state index in [1.807, 2.05) is 18.2 Å². The van der Waals surface area contributed by atoms with Gasteiger partial charge in [0.15, 0.2) is 11.5 Å². The van der Waals surface area contributed by atoms with Gasteiger partial charge >= 0.3 is 0 Å². The van der Waals surface area contributed by atoms with E-state index in [1.165, 1.54) is 0 Å². The third-order valence-electron chi connectivity index (χ3n) is 4.24. The highest BCUT2D eigenvalue weighted by Gasteiger charge is 2.28. The van der Waals surface area contributed by atoms with Crippen LogP contribution in [0, 0.1) is 0 Å². The summed E-state index contributed by atoms with van der Waals surface area (Å²) in [6.07, 6.45) is 0.719. The highest BCUT2D eigenvalue weighted by Crippen LogP contribution is 2.34. The number of hydrogen-bond acceptors (Lipinski definition) is 5. The van der Waals surface area contributed by atoms with Crippen LogP contribution in [0.3, 0.4) is 0 Å². The van der Waals surface area contributed by atoms with Crippen LogP contribution in [0.5, 0.6) is 11.5 Å². The average Bonchev–Trinajstić information content (AvgIpc) is 2.94. The Morgan fingerprint density at radius 1 is 1.33 bits per heavy atom. The average molecular weight is 293 g/mol. The molecule has 1 N–H and O–H groups in total. The van der Waals surface area contributed by atoms with Gasteiger partial charge in [-0.2, -0.15) is 0 Å². The molecule has 0 spiro atoms. The summed E-state index contributed by atoms with van der Waals surface area (Å²) in [6, 6.07) is 6.02. The lowest BCUT2D eigenvalue weighted by molar-refractivity contribution is -0.0681. The molecule has 2 heterocycles. The van der Waals surface area contributed by atoms with E-state index < -0.39 is 6.10 Å². The maximum Gasteiger partial charge on any atom is 0.231 e. The standard InChI is InChI=1S/C16H23NO4/c1-3-13-9-19-11(2)7-17(13)8-14(18)12-4-5-15-16(6-12)21-10-20-15/h4-6,11,13-14,18H,3,7-10H2,1-2H3. The fourth-order valence-electron chi connectivity index (χ4n) is 2.96. The molecule has 3 unspecified atom stereocenters. The summed E-state index contributed by atoms with van der Waals surface area (Å²) >= 11 is 0. The Morgan fingerprint density at radius 2 is 2.14 bits per heavy atom. The summed E-state index contributed by atoms with van der Waals surface area (Å²) in [5, 5.41) is 10.5. The summed E-state index contributed by atoms with van der Waals surface area (Å²) in [6.45, 7) is 6.71. The van der Waals surface area contributed by atoms with Crippen molar-refractivity contribution < 1.29 is 19.3 Å². The topological polar surface area (TPSA) is 51.2 Å². The van der Waals surface area contributed by atoms with E-state index in [4.69, 9.17) is 14.2 Å². The number of aliphatic hydroxyl groups excluding tert-OH is 1. The lowest BCUT2D eigenvalue weighted by Crippen LogP contribution is -2.49. The second kappa shape index (κ2) is 6.22. The van der Waals surface area contributed by atoms with Gasteiger partial charge in [0.1, 0.15) is 0 Å². The molecule has 3 atom stereocenters. The molecule has 0 aromatic heterocycles. The summed E-state index contributed by atoms with van der Waals surface area (Å²) in [5.74, 6) is 1.46. The molecule has 2 aliphatic rings. The van der Waals surface area contributed by atoms with E-state index in [2.05, 4.69) is 18.7 Å². The molecule has 1 aromatic carbocycles.